The van der Waals surface area contributed by atoms with Crippen LogP contribution in [0.5, 0.6) is 0 Å². The maximum atomic E-state index is 12.0. The first-order valence-corrected chi connectivity index (χ1v) is 7.63. The molecule has 25 heavy (non-hydrogen) atoms. The lowest BCUT2D eigenvalue weighted by Gasteiger charge is -2.09. The Morgan fingerprint density at radius 2 is 1.40 bits per heavy atom. The largest absolute Gasteiger partial charge is 0.323 e. The van der Waals surface area contributed by atoms with Crippen LogP contribution in [0.1, 0.15) is 10.4 Å². The molecule has 0 saturated carbocycles. The van der Waals surface area contributed by atoms with Crippen LogP contribution in [0.15, 0.2) is 67.0 Å². The van der Waals surface area contributed by atoms with Crippen LogP contribution in [-0.4, -0.2) is 21.7 Å². The van der Waals surface area contributed by atoms with Crippen LogP contribution < -0.4 is 16.0 Å². The van der Waals surface area contributed by atoms with Crippen molar-refractivity contribution in [1.29, 1.82) is 0 Å². The SMILES string of the molecule is Cn1cc(C(=O)Nc2ccc(NC(=O)Nc3ccccc3)cc2)cn1. The Kier molecular flexibility index (Phi) is 4.75. The molecule has 3 N–H and O–H groups in total. The van der Waals surface area contributed by atoms with E-state index in [-0.39, 0.29) is 11.9 Å². The zero-order valence-corrected chi connectivity index (χ0v) is 13.6. The van der Waals surface area contributed by atoms with Crippen molar-refractivity contribution in [2.75, 3.05) is 16.0 Å². The number of para-hydroxylation sites is 1. The van der Waals surface area contributed by atoms with Gasteiger partial charge in [0.1, 0.15) is 0 Å². The van der Waals surface area contributed by atoms with Gasteiger partial charge in [0.05, 0.1) is 11.8 Å². The number of benzene rings is 2. The molecule has 3 aromatic rings. The number of hydrogen-bond donors (Lipinski definition) is 3. The van der Waals surface area contributed by atoms with E-state index in [1.165, 1.54) is 6.20 Å². The highest BCUT2D eigenvalue weighted by Gasteiger charge is 2.08. The van der Waals surface area contributed by atoms with Crippen LogP contribution >= 0.6 is 0 Å². The van der Waals surface area contributed by atoms with Crippen molar-refractivity contribution >= 4 is 29.0 Å². The van der Waals surface area contributed by atoms with Crippen molar-refractivity contribution in [3.63, 3.8) is 0 Å². The monoisotopic (exact) mass is 335 g/mol. The van der Waals surface area contributed by atoms with E-state index in [4.69, 9.17) is 0 Å². The molecule has 3 amide bonds. The van der Waals surface area contributed by atoms with Crippen molar-refractivity contribution in [3.8, 4) is 0 Å². The number of amides is 3. The number of nitrogens with one attached hydrogen (secondary N) is 3. The molecule has 0 spiro atoms. The van der Waals surface area contributed by atoms with E-state index in [1.54, 1.807) is 54.3 Å². The third-order valence-corrected chi connectivity index (χ3v) is 3.40. The molecule has 0 bridgehead atoms. The zero-order chi connectivity index (χ0) is 17.6. The van der Waals surface area contributed by atoms with Gasteiger partial charge in [0.15, 0.2) is 0 Å². The summed E-state index contributed by atoms with van der Waals surface area (Å²) >= 11 is 0. The molecule has 1 heterocycles. The van der Waals surface area contributed by atoms with Crippen LogP contribution in [-0.2, 0) is 7.05 Å². The highest BCUT2D eigenvalue weighted by atomic mass is 16.2. The van der Waals surface area contributed by atoms with Crippen LogP contribution in [0.3, 0.4) is 0 Å². The summed E-state index contributed by atoms with van der Waals surface area (Å²) in [5.74, 6) is -0.240. The molecule has 0 aliphatic heterocycles. The normalized spacial score (nSPS) is 10.1. The molecule has 126 valence electrons. The van der Waals surface area contributed by atoms with Crippen molar-refractivity contribution in [2.45, 2.75) is 0 Å². The van der Waals surface area contributed by atoms with E-state index in [0.29, 0.717) is 22.6 Å². The minimum Gasteiger partial charge on any atom is -0.322 e. The molecule has 7 heteroatoms. The molecule has 0 unspecified atom stereocenters. The second-order valence-electron chi connectivity index (χ2n) is 5.38. The average molecular weight is 335 g/mol. The first-order chi connectivity index (χ1) is 12.1. The Morgan fingerprint density at radius 3 is 1.96 bits per heavy atom. The van der Waals surface area contributed by atoms with Crippen molar-refractivity contribution in [3.05, 3.63) is 72.6 Å². The van der Waals surface area contributed by atoms with Crippen LogP contribution in [0.25, 0.3) is 0 Å². The van der Waals surface area contributed by atoms with Gasteiger partial charge in [0, 0.05) is 30.3 Å². The number of nitrogens with zero attached hydrogens (tertiary/aromatic N) is 2. The molecule has 1 aromatic heterocycles. The molecule has 3 rings (SSSR count). The third-order valence-electron chi connectivity index (χ3n) is 3.40. The van der Waals surface area contributed by atoms with Gasteiger partial charge in [0.25, 0.3) is 5.91 Å². The van der Waals surface area contributed by atoms with Crippen molar-refractivity contribution in [1.82, 2.24) is 9.78 Å². The predicted octanol–water partition coefficient (Wildman–Crippen LogP) is 3.32. The summed E-state index contributed by atoms with van der Waals surface area (Å²) in [4.78, 5) is 24.0. The fourth-order valence-electron chi connectivity index (χ4n) is 2.19. The molecule has 7 nitrogen and oxygen atoms in total. The number of aryl methyl sites for hydroxylation is 1. The number of hydrogen-bond acceptors (Lipinski definition) is 3. The molecule has 0 aliphatic rings. The third kappa shape index (κ3) is 4.44. The first-order valence-electron chi connectivity index (χ1n) is 7.63. The lowest BCUT2D eigenvalue weighted by Crippen LogP contribution is -2.19. The average Bonchev–Trinajstić information content (AvgIpc) is 3.04. The van der Waals surface area contributed by atoms with Gasteiger partial charge in [-0.3, -0.25) is 9.48 Å². The molecular weight excluding hydrogens is 318 g/mol. The Balaban J connectivity index is 1.56. The van der Waals surface area contributed by atoms with E-state index >= 15 is 0 Å². The minimum atomic E-state index is -0.335. The van der Waals surface area contributed by atoms with Gasteiger partial charge >= 0.3 is 6.03 Å². The predicted molar refractivity (Wildman–Crippen MR) is 96.7 cm³/mol. The second kappa shape index (κ2) is 7.31. The maximum absolute atomic E-state index is 12.0. The van der Waals surface area contributed by atoms with E-state index in [0.717, 1.165) is 0 Å². The molecule has 0 radical (unpaired) electrons. The molecule has 2 aromatic carbocycles. The molecule has 0 aliphatic carbocycles. The maximum Gasteiger partial charge on any atom is 0.323 e. The quantitative estimate of drug-likeness (QED) is 0.683. The fraction of sp³-hybridized carbons (Fsp3) is 0.0556. The Hall–Kier alpha value is -3.61. The molecule has 0 atom stereocenters. The number of urea groups is 1. The number of carbonyl (C=O) groups excluding carboxylic acids is 2. The van der Waals surface area contributed by atoms with Gasteiger partial charge in [-0.25, -0.2) is 4.79 Å². The standard InChI is InChI=1S/C18H17N5O2/c1-23-12-13(11-19-23)17(24)20-15-7-9-16(10-8-15)22-18(25)21-14-5-3-2-4-6-14/h2-12H,1H3,(H,20,24)(H2,21,22,25). The summed E-state index contributed by atoms with van der Waals surface area (Å²) in [7, 11) is 1.75. The molecular formula is C18H17N5O2. The highest BCUT2D eigenvalue weighted by Crippen LogP contribution is 2.15. The van der Waals surface area contributed by atoms with Gasteiger partial charge in [-0.05, 0) is 36.4 Å². The van der Waals surface area contributed by atoms with E-state index in [2.05, 4.69) is 21.0 Å². The van der Waals surface area contributed by atoms with Crippen LogP contribution in [0.4, 0.5) is 21.9 Å². The van der Waals surface area contributed by atoms with Crippen molar-refractivity contribution < 1.29 is 9.59 Å². The number of anilines is 3. The van der Waals surface area contributed by atoms with Gasteiger partial charge in [-0.15, -0.1) is 0 Å². The topological polar surface area (TPSA) is 88.0 Å². The van der Waals surface area contributed by atoms with Crippen LogP contribution in [0.2, 0.25) is 0 Å². The summed E-state index contributed by atoms with van der Waals surface area (Å²) in [6, 6.07) is 15.7. The summed E-state index contributed by atoms with van der Waals surface area (Å²) < 4.78 is 1.56. The van der Waals surface area contributed by atoms with E-state index < -0.39 is 0 Å². The number of rotatable bonds is 4. The van der Waals surface area contributed by atoms with Crippen LogP contribution in [0, 0.1) is 0 Å². The molecule has 0 fully saturated rings. The summed E-state index contributed by atoms with van der Waals surface area (Å²) in [6.07, 6.45) is 3.14. The second-order valence-corrected chi connectivity index (χ2v) is 5.38. The van der Waals surface area contributed by atoms with E-state index in [1.807, 2.05) is 18.2 Å². The lowest BCUT2D eigenvalue weighted by atomic mass is 10.2. The van der Waals surface area contributed by atoms with E-state index in [9.17, 15) is 9.59 Å². The summed E-state index contributed by atoms with van der Waals surface area (Å²) in [5, 5.41) is 12.2. The fourth-order valence-corrected chi connectivity index (χ4v) is 2.19. The van der Waals surface area contributed by atoms with Gasteiger partial charge in [-0.1, -0.05) is 18.2 Å². The Bertz CT molecular complexity index is 872. The lowest BCUT2D eigenvalue weighted by molar-refractivity contribution is 0.102. The van der Waals surface area contributed by atoms with Gasteiger partial charge in [-0.2, -0.15) is 5.10 Å². The van der Waals surface area contributed by atoms with Gasteiger partial charge < -0.3 is 16.0 Å². The number of aromatic nitrogens is 2. The zero-order valence-electron chi connectivity index (χ0n) is 13.6. The smallest absolute Gasteiger partial charge is 0.322 e. The minimum absolute atomic E-state index is 0.240. The van der Waals surface area contributed by atoms with Crippen molar-refractivity contribution in [2.24, 2.45) is 7.05 Å². The summed E-state index contributed by atoms with van der Waals surface area (Å²) in [5.41, 5.74) is 2.43. The number of carbonyl (C=O) groups is 2. The highest BCUT2D eigenvalue weighted by molar-refractivity contribution is 6.04. The van der Waals surface area contributed by atoms with Gasteiger partial charge in [0.2, 0.25) is 0 Å². The first kappa shape index (κ1) is 16.3. The molecule has 0 saturated heterocycles. The summed E-state index contributed by atoms with van der Waals surface area (Å²) in [6.45, 7) is 0. The Morgan fingerprint density at radius 1 is 0.840 bits per heavy atom. The Labute approximate surface area is 144 Å².